The summed E-state index contributed by atoms with van der Waals surface area (Å²) in [6.07, 6.45) is 1.59. The largest absolute Gasteiger partial charge is 0.491 e. The molecule has 0 bridgehead atoms. The molecule has 0 atom stereocenters. The van der Waals surface area contributed by atoms with Crippen LogP contribution in [-0.2, 0) is 6.61 Å². The van der Waals surface area contributed by atoms with Crippen molar-refractivity contribution >= 4 is 12.6 Å². The summed E-state index contributed by atoms with van der Waals surface area (Å²) >= 11 is 0. The molecule has 0 unspecified atom stereocenters. The first-order chi connectivity index (χ1) is 8.16. The summed E-state index contributed by atoms with van der Waals surface area (Å²) in [4.78, 5) is 0. The molecule has 0 aliphatic carbocycles. The average molecular weight is 236 g/mol. The van der Waals surface area contributed by atoms with E-state index >= 15 is 0 Å². The second-order valence-electron chi connectivity index (χ2n) is 3.43. The van der Waals surface area contributed by atoms with Gasteiger partial charge in [-0.2, -0.15) is 5.10 Å². The van der Waals surface area contributed by atoms with Gasteiger partial charge in [0.1, 0.15) is 18.2 Å². The number of nitrogens with zero attached hydrogens (tertiary/aromatic N) is 1. The molecule has 3 N–H and O–H groups in total. The van der Waals surface area contributed by atoms with Gasteiger partial charge in [-0.15, -0.1) is 0 Å². The fraction of sp³-hybridized carbons (Fsp3) is 0.100. The Labute approximate surface area is 97.0 Å². The third-order valence-electron chi connectivity index (χ3n) is 2.20. The van der Waals surface area contributed by atoms with Crippen LogP contribution in [0.1, 0.15) is 5.69 Å². The van der Waals surface area contributed by atoms with Crippen LogP contribution < -0.4 is 10.2 Å². The number of benzene rings is 1. The molecule has 0 aliphatic heterocycles. The molecular weight excluding hydrogens is 226 g/mol. The second-order valence-corrected chi connectivity index (χ2v) is 3.43. The van der Waals surface area contributed by atoms with E-state index in [1.54, 1.807) is 12.3 Å². The van der Waals surface area contributed by atoms with Crippen LogP contribution in [0.5, 0.6) is 5.75 Å². The van der Waals surface area contributed by atoms with Crippen molar-refractivity contribution in [3.63, 3.8) is 0 Å². The van der Waals surface area contributed by atoms with Gasteiger partial charge in [0.15, 0.2) is 0 Å². The van der Waals surface area contributed by atoms with Crippen molar-refractivity contribution in [3.8, 4) is 5.75 Å². The van der Waals surface area contributed by atoms with Crippen molar-refractivity contribution in [3.05, 3.63) is 42.0 Å². The average Bonchev–Trinajstić information content (AvgIpc) is 2.78. The summed E-state index contributed by atoms with van der Waals surface area (Å²) in [6.45, 7) is 0.237. The Morgan fingerprint density at radius 2 is 2.18 bits per heavy atom. The number of aromatic nitrogens is 2. The Morgan fingerprint density at radius 1 is 1.35 bits per heavy atom. The number of ether oxygens (including phenoxy) is 1. The molecule has 0 aliphatic rings. The van der Waals surface area contributed by atoms with E-state index in [2.05, 4.69) is 10.2 Å². The summed E-state index contributed by atoms with van der Waals surface area (Å²) in [6, 6.07) is 5.57. The summed E-state index contributed by atoms with van der Waals surface area (Å²) in [5, 5.41) is 24.1. The molecule has 0 fully saturated rings. The first-order valence-corrected chi connectivity index (χ1v) is 4.93. The Hall–Kier alpha value is -1.86. The molecule has 0 radical (unpaired) electrons. The number of aromatic amines is 1. The highest BCUT2D eigenvalue weighted by Crippen LogP contribution is 2.12. The van der Waals surface area contributed by atoms with Gasteiger partial charge in [-0.25, -0.2) is 4.39 Å². The lowest BCUT2D eigenvalue weighted by Crippen LogP contribution is -2.32. The molecule has 5 nitrogen and oxygen atoms in total. The van der Waals surface area contributed by atoms with Gasteiger partial charge in [0, 0.05) is 17.7 Å². The van der Waals surface area contributed by atoms with E-state index in [9.17, 15) is 4.39 Å². The highest BCUT2D eigenvalue weighted by molar-refractivity contribution is 6.58. The van der Waals surface area contributed by atoms with Gasteiger partial charge in [-0.1, -0.05) is 6.07 Å². The third-order valence-corrected chi connectivity index (χ3v) is 2.20. The number of hydrogen-bond acceptors (Lipinski definition) is 4. The molecule has 2 rings (SSSR count). The van der Waals surface area contributed by atoms with Crippen LogP contribution in [0.15, 0.2) is 30.5 Å². The molecule has 1 heterocycles. The van der Waals surface area contributed by atoms with E-state index in [1.807, 2.05) is 0 Å². The lowest BCUT2D eigenvalue weighted by atomic mass is 9.80. The first-order valence-electron chi connectivity index (χ1n) is 4.93. The molecule has 2 aromatic rings. The van der Waals surface area contributed by atoms with Crippen LogP contribution in [0, 0.1) is 5.82 Å². The fourth-order valence-corrected chi connectivity index (χ4v) is 1.33. The zero-order chi connectivity index (χ0) is 12.3. The fourth-order valence-electron chi connectivity index (χ4n) is 1.33. The molecular formula is C10H10BFN2O3. The first kappa shape index (κ1) is 11.6. The predicted molar refractivity (Wildman–Crippen MR) is 59.1 cm³/mol. The highest BCUT2D eigenvalue weighted by Gasteiger charge is 2.16. The summed E-state index contributed by atoms with van der Waals surface area (Å²) in [7, 11) is -1.82. The number of H-pyrrole nitrogens is 1. The monoisotopic (exact) mass is 236 g/mol. The lowest BCUT2D eigenvalue weighted by Gasteiger charge is -2.07. The van der Waals surface area contributed by atoms with Crippen LogP contribution in [0.2, 0.25) is 0 Å². The van der Waals surface area contributed by atoms with E-state index < -0.39 is 12.9 Å². The molecule has 1 aromatic heterocycles. The van der Waals surface area contributed by atoms with Crippen LogP contribution in [0.4, 0.5) is 4.39 Å². The number of rotatable bonds is 4. The third kappa shape index (κ3) is 2.83. The molecule has 1 aromatic carbocycles. The molecule has 0 saturated carbocycles. The Morgan fingerprint density at radius 3 is 2.76 bits per heavy atom. The molecule has 7 heteroatoms. The quantitative estimate of drug-likeness (QED) is 0.643. The maximum Gasteiger partial charge on any atom is 0.491 e. The minimum absolute atomic E-state index is 0.182. The van der Waals surface area contributed by atoms with Crippen molar-refractivity contribution < 1.29 is 19.2 Å². The minimum Gasteiger partial charge on any atom is -0.487 e. The van der Waals surface area contributed by atoms with Gasteiger partial charge in [0.25, 0.3) is 0 Å². The van der Waals surface area contributed by atoms with Crippen molar-refractivity contribution in [2.24, 2.45) is 0 Å². The molecule has 88 valence electrons. The van der Waals surface area contributed by atoms with E-state index in [-0.39, 0.29) is 12.1 Å². The van der Waals surface area contributed by atoms with Crippen molar-refractivity contribution in [2.75, 3.05) is 0 Å². The SMILES string of the molecule is OB(O)c1ccc(OCc2ccn[nH]2)cc1F. The number of nitrogens with one attached hydrogen (secondary N) is 1. The Balaban J connectivity index is 2.05. The van der Waals surface area contributed by atoms with Crippen molar-refractivity contribution in [1.82, 2.24) is 10.2 Å². The Kier molecular flexibility index (Phi) is 3.41. The zero-order valence-corrected chi connectivity index (χ0v) is 8.80. The van der Waals surface area contributed by atoms with Crippen LogP contribution >= 0.6 is 0 Å². The van der Waals surface area contributed by atoms with Gasteiger partial charge in [-0.05, 0) is 12.1 Å². The lowest BCUT2D eigenvalue weighted by molar-refractivity contribution is 0.299. The van der Waals surface area contributed by atoms with E-state index in [1.165, 1.54) is 12.1 Å². The zero-order valence-electron chi connectivity index (χ0n) is 8.80. The van der Waals surface area contributed by atoms with Gasteiger partial charge in [0.05, 0.1) is 5.69 Å². The molecule has 0 spiro atoms. The summed E-state index contributed by atoms with van der Waals surface area (Å²) in [5.74, 6) is -0.413. The summed E-state index contributed by atoms with van der Waals surface area (Å²) in [5.41, 5.74) is 0.579. The van der Waals surface area contributed by atoms with E-state index in [0.29, 0.717) is 5.75 Å². The second kappa shape index (κ2) is 4.98. The number of hydrogen-bond donors (Lipinski definition) is 3. The summed E-state index contributed by atoms with van der Waals surface area (Å²) < 4.78 is 18.6. The van der Waals surface area contributed by atoms with Crippen LogP contribution in [0.3, 0.4) is 0 Å². The molecule has 0 amide bonds. The standard InChI is InChI=1S/C10H10BFN2O3/c12-10-5-8(1-2-9(10)11(15)16)17-6-7-3-4-13-14-7/h1-5,15-16H,6H2,(H,13,14). The molecule has 0 saturated heterocycles. The topological polar surface area (TPSA) is 78.4 Å². The van der Waals surface area contributed by atoms with Gasteiger partial charge in [0.2, 0.25) is 0 Å². The van der Waals surface area contributed by atoms with Crippen molar-refractivity contribution in [1.29, 1.82) is 0 Å². The van der Waals surface area contributed by atoms with Crippen molar-refractivity contribution in [2.45, 2.75) is 6.61 Å². The minimum atomic E-state index is -1.82. The van der Waals surface area contributed by atoms with Gasteiger partial charge in [-0.3, -0.25) is 5.10 Å². The predicted octanol–water partition coefficient (Wildman–Crippen LogP) is -0.192. The smallest absolute Gasteiger partial charge is 0.487 e. The van der Waals surface area contributed by atoms with Crippen LogP contribution in [-0.4, -0.2) is 27.4 Å². The van der Waals surface area contributed by atoms with E-state index in [4.69, 9.17) is 14.8 Å². The maximum atomic E-state index is 13.3. The van der Waals surface area contributed by atoms with Gasteiger partial charge >= 0.3 is 7.12 Å². The number of halogens is 1. The van der Waals surface area contributed by atoms with Gasteiger partial charge < -0.3 is 14.8 Å². The molecule has 17 heavy (non-hydrogen) atoms. The normalized spacial score (nSPS) is 10.3. The van der Waals surface area contributed by atoms with E-state index in [0.717, 1.165) is 11.8 Å². The maximum absolute atomic E-state index is 13.3. The highest BCUT2D eigenvalue weighted by atomic mass is 19.1. The Bertz CT molecular complexity index is 490. The van der Waals surface area contributed by atoms with Crippen LogP contribution in [0.25, 0.3) is 0 Å².